The van der Waals surface area contributed by atoms with Gasteiger partial charge in [-0.1, -0.05) is 6.92 Å². The van der Waals surface area contributed by atoms with Gasteiger partial charge in [-0.2, -0.15) is 0 Å². The van der Waals surface area contributed by atoms with Crippen molar-refractivity contribution in [1.82, 2.24) is 0 Å². The number of rotatable bonds is 2. The van der Waals surface area contributed by atoms with Crippen molar-refractivity contribution in [2.45, 2.75) is 25.7 Å². The second kappa shape index (κ2) is 2.96. The van der Waals surface area contributed by atoms with E-state index in [1.807, 2.05) is 0 Å². The first-order valence-corrected chi connectivity index (χ1v) is 2.30. The van der Waals surface area contributed by atoms with Crippen LogP contribution in [-0.2, 0) is 0 Å². The van der Waals surface area contributed by atoms with Crippen LogP contribution >= 0.6 is 0 Å². The van der Waals surface area contributed by atoms with E-state index in [0.717, 1.165) is 0 Å². The van der Waals surface area contributed by atoms with E-state index in [1.165, 1.54) is 0 Å². The minimum absolute atomic E-state index is 0.498. The summed E-state index contributed by atoms with van der Waals surface area (Å²) in [6.45, 7) is 1.75. The zero-order chi connectivity index (χ0) is 5.86. The lowest BCUT2D eigenvalue weighted by atomic mass is 10.2. The Morgan fingerprint density at radius 3 is 2.00 bits per heavy atom. The second-order valence-corrected chi connectivity index (χ2v) is 1.47. The van der Waals surface area contributed by atoms with Crippen molar-refractivity contribution in [3.63, 3.8) is 0 Å². The van der Waals surface area contributed by atoms with Gasteiger partial charge in [-0.15, -0.1) is 0 Å². The number of nitrogens with two attached hydrogens (primary N) is 1. The fourth-order valence-electron chi connectivity index (χ4n) is 0.241. The van der Waals surface area contributed by atoms with Gasteiger partial charge in [0.15, 0.2) is 0 Å². The third-order valence-electron chi connectivity index (χ3n) is 0.813. The molecule has 0 aromatic carbocycles. The van der Waals surface area contributed by atoms with Gasteiger partial charge in [-0.25, -0.2) is 0 Å². The van der Waals surface area contributed by atoms with Crippen LogP contribution in [0.2, 0.25) is 0 Å². The van der Waals surface area contributed by atoms with Crippen LogP contribution in [0.1, 0.15) is 13.3 Å². The van der Waals surface area contributed by atoms with Crippen molar-refractivity contribution in [3.05, 3.63) is 0 Å². The van der Waals surface area contributed by atoms with Gasteiger partial charge >= 0.3 is 0 Å². The summed E-state index contributed by atoms with van der Waals surface area (Å²) in [4.78, 5) is 0. The molecule has 3 heteroatoms. The van der Waals surface area contributed by atoms with E-state index in [-0.39, 0.29) is 0 Å². The van der Waals surface area contributed by atoms with Crippen molar-refractivity contribution in [3.8, 4) is 0 Å². The molecule has 0 saturated carbocycles. The molecule has 0 fully saturated rings. The summed E-state index contributed by atoms with van der Waals surface area (Å²) < 4.78 is 0. The first-order valence-electron chi connectivity index (χ1n) is 2.30. The molecule has 0 radical (unpaired) electrons. The third-order valence-corrected chi connectivity index (χ3v) is 0.813. The van der Waals surface area contributed by atoms with Crippen LogP contribution < -0.4 is 5.73 Å². The maximum Gasteiger partial charge on any atom is 0.128 e. The lowest BCUT2D eigenvalue weighted by Crippen LogP contribution is -2.33. The molecule has 7 heavy (non-hydrogen) atoms. The SMILES string of the molecule is CC[C@H](O)C(N)O. The summed E-state index contributed by atoms with van der Waals surface area (Å²) in [5.41, 5.74) is 4.85. The number of aliphatic hydroxyl groups excluding tert-OH is 2. The first kappa shape index (κ1) is 6.88. The quantitative estimate of drug-likeness (QED) is 0.396. The van der Waals surface area contributed by atoms with E-state index in [1.54, 1.807) is 6.92 Å². The Labute approximate surface area is 42.8 Å². The number of aliphatic hydroxyl groups is 2. The largest absolute Gasteiger partial charge is 0.389 e. The van der Waals surface area contributed by atoms with Gasteiger partial charge in [0.05, 0.1) is 6.10 Å². The predicted molar refractivity (Wildman–Crippen MR) is 26.5 cm³/mol. The van der Waals surface area contributed by atoms with E-state index >= 15 is 0 Å². The molecule has 0 spiro atoms. The topological polar surface area (TPSA) is 66.5 Å². The number of hydrogen-bond acceptors (Lipinski definition) is 3. The Morgan fingerprint density at radius 2 is 2.00 bits per heavy atom. The Balaban J connectivity index is 3.14. The fraction of sp³-hybridized carbons (Fsp3) is 1.00. The minimum atomic E-state index is -1.08. The smallest absolute Gasteiger partial charge is 0.128 e. The molecule has 4 N–H and O–H groups in total. The molecule has 2 atom stereocenters. The Morgan fingerprint density at radius 1 is 1.57 bits per heavy atom. The molecule has 0 heterocycles. The van der Waals surface area contributed by atoms with Crippen molar-refractivity contribution in [2.75, 3.05) is 0 Å². The monoisotopic (exact) mass is 105 g/mol. The van der Waals surface area contributed by atoms with Gasteiger partial charge in [0.2, 0.25) is 0 Å². The molecular weight excluding hydrogens is 94.0 g/mol. The van der Waals surface area contributed by atoms with E-state index < -0.39 is 12.3 Å². The average Bonchev–Trinajstić information content (AvgIpc) is 1.65. The lowest BCUT2D eigenvalue weighted by molar-refractivity contribution is 0.0218. The van der Waals surface area contributed by atoms with E-state index in [4.69, 9.17) is 15.9 Å². The molecular formula is C4H11NO2. The molecule has 0 bridgehead atoms. The maximum absolute atomic E-state index is 8.56. The summed E-state index contributed by atoms with van der Waals surface area (Å²) in [6.07, 6.45) is -1.34. The fourth-order valence-corrected chi connectivity index (χ4v) is 0.241. The van der Waals surface area contributed by atoms with Gasteiger partial charge in [0.1, 0.15) is 6.23 Å². The maximum atomic E-state index is 8.56. The van der Waals surface area contributed by atoms with Crippen LogP contribution in [0.3, 0.4) is 0 Å². The Hall–Kier alpha value is -0.120. The predicted octanol–water partition coefficient (Wildman–Crippen LogP) is -0.966. The van der Waals surface area contributed by atoms with E-state index in [2.05, 4.69) is 0 Å². The molecule has 0 rings (SSSR count). The van der Waals surface area contributed by atoms with Crippen molar-refractivity contribution >= 4 is 0 Å². The van der Waals surface area contributed by atoms with Crippen molar-refractivity contribution in [1.29, 1.82) is 0 Å². The molecule has 44 valence electrons. The van der Waals surface area contributed by atoms with Crippen molar-refractivity contribution < 1.29 is 10.2 Å². The zero-order valence-corrected chi connectivity index (χ0v) is 4.33. The zero-order valence-electron chi connectivity index (χ0n) is 4.33. The van der Waals surface area contributed by atoms with E-state index in [9.17, 15) is 0 Å². The van der Waals surface area contributed by atoms with Crippen LogP contribution in [0.15, 0.2) is 0 Å². The van der Waals surface area contributed by atoms with Gasteiger partial charge in [0, 0.05) is 0 Å². The van der Waals surface area contributed by atoms with Crippen LogP contribution in [0.25, 0.3) is 0 Å². The molecule has 1 unspecified atom stereocenters. The summed E-state index contributed by atoms with van der Waals surface area (Å²) >= 11 is 0. The van der Waals surface area contributed by atoms with Gasteiger partial charge in [-0.05, 0) is 6.42 Å². The third kappa shape index (κ3) is 2.56. The molecule has 0 aliphatic rings. The highest BCUT2D eigenvalue weighted by Crippen LogP contribution is 1.89. The average molecular weight is 105 g/mol. The lowest BCUT2D eigenvalue weighted by Gasteiger charge is -2.08. The van der Waals surface area contributed by atoms with Gasteiger partial charge < -0.3 is 15.9 Å². The summed E-state index contributed by atoms with van der Waals surface area (Å²) in [6, 6.07) is 0. The molecule has 0 aromatic heterocycles. The highest BCUT2D eigenvalue weighted by molar-refractivity contribution is 4.55. The molecule has 0 aliphatic heterocycles. The van der Waals surface area contributed by atoms with Gasteiger partial charge in [-0.3, -0.25) is 0 Å². The van der Waals surface area contributed by atoms with Gasteiger partial charge in [0.25, 0.3) is 0 Å². The summed E-state index contributed by atoms with van der Waals surface area (Å²) in [7, 11) is 0. The Kier molecular flexibility index (Phi) is 2.91. The van der Waals surface area contributed by atoms with Crippen LogP contribution in [-0.4, -0.2) is 22.5 Å². The van der Waals surface area contributed by atoms with Crippen LogP contribution in [0.5, 0.6) is 0 Å². The normalized spacial score (nSPS) is 18.9. The van der Waals surface area contributed by atoms with Crippen LogP contribution in [0, 0.1) is 0 Å². The van der Waals surface area contributed by atoms with E-state index in [0.29, 0.717) is 6.42 Å². The highest BCUT2D eigenvalue weighted by Gasteiger charge is 2.05. The highest BCUT2D eigenvalue weighted by atomic mass is 16.3. The molecule has 0 amide bonds. The molecule has 0 aromatic rings. The molecule has 3 nitrogen and oxygen atoms in total. The standard InChI is InChI=1S/C4H11NO2/c1-2-3(6)4(5)7/h3-4,6-7H,2,5H2,1H3/t3-,4?/m0/s1. The Bertz CT molecular complexity index is 47.0. The van der Waals surface area contributed by atoms with Crippen molar-refractivity contribution in [2.24, 2.45) is 5.73 Å². The molecule has 0 aliphatic carbocycles. The number of hydrogen-bond donors (Lipinski definition) is 3. The van der Waals surface area contributed by atoms with Crippen LogP contribution in [0.4, 0.5) is 0 Å². The first-order chi connectivity index (χ1) is 3.18. The minimum Gasteiger partial charge on any atom is -0.389 e. The molecule has 0 saturated heterocycles. The second-order valence-electron chi connectivity index (χ2n) is 1.47. The summed E-state index contributed by atoms with van der Waals surface area (Å²) in [5.74, 6) is 0. The summed E-state index contributed by atoms with van der Waals surface area (Å²) in [5, 5.41) is 16.9.